The molecule has 3 heterocycles. The standard InChI is InChI=1S/C17H23N5O2S/c1-11-14(25-10-18-11)17(23)22-7-3-6-21(8-9-22)12(2)16-19-15(20-24-16)13-4-5-13/h10,12-13H,3-9H2,1-2H3/t12-/m0/s1. The van der Waals surface area contributed by atoms with Crippen molar-refractivity contribution in [1.29, 1.82) is 0 Å². The van der Waals surface area contributed by atoms with E-state index in [4.69, 9.17) is 4.52 Å². The maximum Gasteiger partial charge on any atom is 0.265 e. The smallest absolute Gasteiger partial charge is 0.265 e. The van der Waals surface area contributed by atoms with Gasteiger partial charge in [-0.2, -0.15) is 4.98 Å². The van der Waals surface area contributed by atoms with Gasteiger partial charge in [0.05, 0.1) is 17.2 Å². The fourth-order valence-electron chi connectivity index (χ4n) is 3.26. The lowest BCUT2D eigenvalue weighted by Gasteiger charge is -2.25. The van der Waals surface area contributed by atoms with E-state index in [1.807, 2.05) is 11.8 Å². The second-order valence-electron chi connectivity index (χ2n) is 6.89. The van der Waals surface area contributed by atoms with Gasteiger partial charge in [0.15, 0.2) is 5.82 Å². The third-order valence-electron chi connectivity index (χ3n) is 5.06. The molecule has 134 valence electrons. The normalized spacial score (nSPS) is 20.5. The highest BCUT2D eigenvalue weighted by atomic mass is 32.1. The maximum atomic E-state index is 12.7. The first kappa shape index (κ1) is 16.7. The minimum atomic E-state index is 0.0835. The fourth-order valence-corrected chi connectivity index (χ4v) is 4.03. The molecule has 1 saturated heterocycles. The van der Waals surface area contributed by atoms with Gasteiger partial charge in [0.1, 0.15) is 4.88 Å². The average molecular weight is 361 g/mol. The zero-order valence-electron chi connectivity index (χ0n) is 14.6. The first-order valence-corrected chi connectivity index (χ1v) is 9.78. The van der Waals surface area contributed by atoms with Crippen molar-refractivity contribution in [3.63, 3.8) is 0 Å². The highest BCUT2D eigenvalue weighted by Crippen LogP contribution is 2.38. The summed E-state index contributed by atoms with van der Waals surface area (Å²) in [5.41, 5.74) is 2.56. The molecule has 2 aliphatic rings. The second-order valence-corrected chi connectivity index (χ2v) is 7.74. The highest BCUT2D eigenvalue weighted by Gasteiger charge is 2.31. The van der Waals surface area contributed by atoms with Crippen LogP contribution in [0.4, 0.5) is 0 Å². The Kier molecular flexibility index (Phi) is 4.56. The average Bonchev–Trinajstić information content (AvgIpc) is 3.27. The Bertz CT molecular complexity index is 754. The van der Waals surface area contributed by atoms with Crippen LogP contribution in [0.5, 0.6) is 0 Å². The molecule has 1 aliphatic carbocycles. The van der Waals surface area contributed by atoms with Crippen LogP contribution in [0.3, 0.4) is 0 Å². The molecule has 0 N–H and O–H groups in total. The summed E-state index contributed by atoms with van der Waals surface area (Å²) in [4.78, 5) is 26.5. The molecule has 1 saturated carbocycles. The van der Waals surface area contributed by atoms with Crippen molar-refractivity contribution >= 4 is 17.2 Å². The van der Waals surface area contributed by atoms with Crippen LogP contribution in [0.1, 0.15) is 65.2 Å². The van der Waals surface area contributed by atoms with E-state index in [1.54, 1.807) is 5.51 Å². The van der Waals surface area contributed by atoms with E-state index in [2.05, 4.69) is 26.9 Å². The van der Waals surface area contributed by atoms with Crippen LogP contribution in [-0.2, 0) is 0 Å². The number of rotatable bonds is 4. The number of amides is 1. The molecule has 0 aromatic carbocycles. The molecule has 1 atom stereocenters. The van der Waals surface area contributed by atoms with Crippen molar-refractivity contribution in [1.82, 2.24) is 24.9 Å². The topological polar surface area (TPSA) is 75.4 Å². The van der Waals surface area contributed by atoms with Crippen LogP contribution in [0.25, 0.3) is 0 Å². The van der Waals surface area contributed by atoms with Crippen LogP contribution in [-0.4, -0.2) is 57.0 Å². The molecule has 0 bridgehead atoms. The van der Waals surface area contributed by atoms with Gasteiger partial charge in [-0.3, -0.25) is 9.69 Å². The molecule has 2 aromatic rings. The SMILES string of the molecule is Cc1ncsc1C(=O)N1CCCN([C@@H](C)c2nc(C3CC3)no2)CC1. The Labute approximate surface area is 151 Å². The van der Waals surface area contributed by atoms with E-state index in [0.29, 0.717) is 18.4 Å². The second kappa shape index (κ2) is 6.84. The van der Waals surface area contributed by atoms with E-state index in [0.717, 1.165) is 42.5 Å². The molecule has 0 radical (unpaired) electrons. The third-order valence-corrected chi connectivity index (χ3v) is 5.98. The van der Waals surface area contributed by atoms with Gasteiger partial charge in [-0.05, 0) is 33.1 Å². The predicted molar refractivity (Wildman–Crippen MR) is 93.6 cm³/mol. The Morgan fingerprint density at radius 3 is 2.88 bits per heavy atom. The van der Waals surface area contributed by atoms with Gasteiger partial charge in [0, 0.05) is 32.1 Å². The summed E-state index contributed by atoms with van der Waals surface area (Å²) >= 11 is 1.42. The van der Waals surface area contributed by atoms with E-state index < -0.39 is 0 Å². The van der Waals surface area contributed by atoms with Gasteiger partial charge in [0.2, 0.25) is 5.89 Å². The van der Waals surface area contributed by atoms with Crippen molar-refractivity contribution in [2.24, 2.45) is 0 Å². The fraction of sp³-hybridized carbons (Fsp3) is 0.647. The van der Waals surface area contributed by atoms with E-state index in [1.165, 1.54) is 24.2 Å². The number of hydrogen-bond donors (Lipinski definition) is 0. The summed E-state index contributed by atoms with van der Waals surface area (Å²) in [6.07, 6.45) is 3.29. The van der Waals surface area contributed by atoms with Crippen LogP contribution < -0.4 is 0 Å². The molecular formula is C17H23N5O2S. The highest BCUT2D eigenvalue weighted by molar-refractivity contribution is 7.11. The number of carbonyl (C=O) groups is 1. The van der Waals surface area contributed by atoms with E-state index in [-0.39, 0.29) is 11.9 Å². The van der Waals surface area contributed by atoms with Crippen LogP contribution >= 0.6 is 11.3 Å². The van der Waals surface area contributed by atoms with E-state index in [9.17, 15) is 4.79 Å². The van der Waals surface area contributed by atoms with Gasteiger partial charge in [-0.15, -0.1) is 11.3 Å². The first-order valence-electron chi connectivity index (χ1n) is 8.90. The number of hydrogen-bond acceptors (Lipinski definition) is 7. The molecule has 2 aromatic heterocycles. The van der Waals surface area contributed by atoms with Crippen LogP contribution in [0.2, 0.25) is 0 Å². The first-order chi connectivity index (χ1) is 12.1. The molecule has 8 heteroatoms. The minimum absolute atomic E-state index is 0.0835. The van der Waals surface area contributed by atoms with Gasteiger partial charge in [0.25, 0.3) is 5.91 Å². The number of thiazole rings is 1. The summed E-state index contributed by atoms with van der Waals surface area (Å²) in [6, 6.07) is 0.0835. The Morgan fingerprint density at radius 2 is 2.16 bits per heavy atom. The Morgan fingerprint density at radius 1 is 1.32 bits per heavy atom. The van der Waals surface area contributed by atoms with Crippen LogP contribution in [0, 0.1) is 6.92 Å². The Balaban J connectivity index is 1.40. The summed E-state index contributed by atoms with van der Waals surface area (Å²) in [5, 5.41) is 4.12. The van der Waals surface area contributed by atoms with Crippen molar-refractivity contribution in [2.45, 2.75) is 45.1 Å². The maximum absolute atomic E-state index is 12.7. The molecular weight excluding hydrogens is 338 g/mol. The van der Waals surface area contributed by atoms with Crippen molar-refractivity contribution < 1.29 is 9.32 Å². The molecule has 7 nitrogen and oxygen atoms in total. The zero-order valence-corrected chi connectivity index (χ0v) is 15.5. The number of nitrogens with zero attached hydrogens (tertiary/aromatic N) is 5. The third kappa shape index (κ3) is 3.46. The van der Waals surface area contributed by atoms with Gasteiger partial charge in [-0.25, -0.2) is 4.98 Å². The number of carbonyl (C=O) groups excluding carboxylic acids is 1. The molecule has 0 unspecified atom stereocenters. The number of aryl methyl sites for hydroxylation is 1. The zero-order chi connectivity index (χ0) is 17.4. The lowest BCUT2D eigenvalue weighted by atomic mass is 10.2. The molecule has 0 spiro atoms. The molecule has 25 heavy (non-hydrogen) atoms. The molecule has 4 rings (SSSR count). The van der Waals surface area contributed by atoms with Crippen molar-refractivity contribution in [3.8, 4) is 0 Å². The lowest BCUT2D eigenvalue weighted by Crippen LogP contribution is -2.36. The monoisotopic (exact) mass is 361 g/mol. The summed E-state index contributed by atoms with van der Waals surface area (Å²) in [5.74, 6) is 2.15. The van der Waals surface area contributed by atoms with Gasteiger partial charge >= 0.3 is 0 Å². The molecule has 2 fully saturated rings. The van der Waals surface area contributed by atoms with Crippen molar-refractivity contribution in [2.75, 3.05) is 26.2 Å². The summed E-state index contributed by atoms with van der Waals surface area (Å²) in [6.45, 7) is 7.22. The lowest BCUT2D eigenvalue weighted by molar-refractivity contribution is 0.0761. The Hall–Kier alpha value is -1.80. The summed E-state index contributed by atoms with van der Waals surface area (Å²) in [7, 11) is 0. The van der Waals surface area contributed by atoms with Gasteiger partial charge < -0.3 is 9.42 Å². The van der Waals surface area contributed by atoms with E-state index >= 15 is 0 Å². The number of aromatic nitrogens is 3. The van der Waals surface area contributed by atoms with Gasteiger partial charge in [-0.1, -0.05) is 5.16 Å². The quantitative estimate of drug-likeness (QED) is 0.833. The minimum Gasteiger partial charge on any atom is -0.338 e. The summed E-state index contributed by atoms with van der Waals surface area (Å²) < 4.78 is 5.48. The van der Waals surface area contributed by atoms with Crippen molar-refractivity contribution in [3.05, 3.63) is 27.8 Å². The molecule has 1 aliphatic heterocycles. The van der Waals surface area contributed by atoms with Crippen LogP contribution in [0.15, 0.2) is 10.0 Å². The molecule has 1 amide bonds. The largest absolute Gasteiger partial charge is 0.338 e. The predicted octanol–water partition coefficient (Wildman–Crippen LogP) is 2.62.